The van der Waals surface area contributed by atoms with Crippen molar-refractivity contribution in [2.45, 2.75) is 75.7 Å². The fourth-order valence-electron chi connectivity index (χ4n) is 6.29. The molecule has 2 saturated heterocycles. The van der Waals surface area contributed by atoms with Crippen LogP contribution >= 0.6 is 0 Å². The number of hydrogen-bond acceptors (Lipinski definition) is 6. The van der Waals surface area contributed by atoms with Crippen molar-refractivity contribution in [2.24, 2.45) is 5.92 Å². The van der Waals surface area contributed by atoms with Crippen LogP contribution in [0.2, 0.25) is 0 Å². The van der Waals surface area contributed by atoms with Crippen molar-refractivity contribution in [1.82, 2.24) is 13.9 Å². The van der Waals surface area contributed by atoms with Gasteiger partial charge in [0, 0.05) is 36.1 Å². The lowest BCUT2D eigenvalue weighted by atomic mass is 9.83. The molecule has 228 valence electrons. The van der Waals surface area contributed by atoms with Crippen molar-refractivity contribution >= 4 is 33.2 Å². The fourth-order valence-corrected chi connectivity index (χ4v) is 9.11. The Labute approximate surface area is 247 Å². The molecular formula is C29H34F3N3O5S2. The molecule has 1 N–H and O–H groups in total. The maximum atomic E-state index is 14.6. The highest BCUT2D eigenvalue weighted by Crippen LogP contribution is 2.43. The fraction of sp³-hybridized carbons (Fsp3) is 0.517. The zero-order valence-electron chi connectivity index (χ0n) is 23.6. The van der Waals surface area contributed by atoms with Crippen LogP contribution in [0.15, 0.2) is 36.4 Å². The molecule has 13 heteroatoms. The highest BCUT2D eigenvalue weighted by atomic mass is 32.2. The highest BCUT2D eigenvalue weighted by molar-refractivity contribution is 7.90. The summed E-state index contributed by atoms with van der Waals surface area (Å²) in [5, 5.41) is 0. The highest BCUT2D eigenvalue weighted by Gasteiger charge is 2.49. The van der Waals surface area contributed by atoms with Crippen molar-refractivity contribution in [1.29, 1.82) is 0 Å². The molecule has 42 heavy (non-hydrogen) atoms. The van der Waals surface area contributed by atoms with Crippen LogP contribution in [0, 0.1) is 23.4 Å². The summed E-state index contributed by atoms with van der Waals surface area (Å²) in [6.07, 6.45) is 1.94. The van der Waals surface area contributed by atoms with Gasteiger partial charge in [0.25, 0.3) is 11.8 Å². The van der Waals surface area contributed by atoms with Crippen LogP contribution in [0.25, 0.3) is 0 Å². The van der Waals surface area contributed by atoms with Crippen molar-refractivity contribution in [3.05, 3.63) is 70.5 Å². The van der Waals surface area contributed by atoms with Crippen LogP contribution in [-0.4, -0.2) is 69.2 Å². The standard InChI is InChI=1S/C29H34F3N3O5S2/c1-29(2,3)41(38)33-26(15-17-14-24(31)25(32)16-23(17)30)18-12-19-8-9-20(13-18)35(19)42(39,40)11-10-34-27(36)21-6-4-5-7-22(21)28(34)37/h4-7,14,16,18-20,26,33H,8-13,15H2,1-3H3/t18-,19-,20+,26-,41-/m0/s1. The van der Waals surface area contributed by atoms with Gasteiger partial charge in [-0.25, -0.2) is 21.6 Å². The molecule has 2 bridgehead atoms. The van der Waals surface area contributed by atoms with Crippen molar-refractivity contribution < 1.29 is 35.7 Å². The van der Waals surface area contributed by atoms with Gasteiger partial charge in [0.05, 0.1) is 22.9 Å². The first-order valence-corrected chi connectivity index (χ1v) is 16.7. The Morgan fingerprint density at radius 3 is 2.07 bits per heavy atom. The Morgan fingerprint density at radius 1 is 0.976 bits per heavy atom. The normalized spacial score (nSPS) is 24.3. The molecule has 2 amide bonds. The van der Waals surface area contributed by atoms with E-state index >= 15 is 0 Å². The smallest absolute Gasteiger partial charge is 0.261 e. The lowest BCUT2D eigenvalue weighted by Gasteiger charge is -2.41. The molecule has 0 aliphatic carbocycles. The monoisotopic (exact) mass is 625 g/mol. The number of carbonyl (C=O) groups excluding carboxylic acids is 2. The number of nitrogens with one attached hydrogen (secondary N) is 1. The van der Waals surface area contributed by atoms with Crippen LogP contribution in [0.1, 0.15) is 72.7 Å². The molecule has 0 aromatic heterocycles. The molecule has 2 aromatic carbocycles. The van der Waals surface area contributed by atoms with Gasteiger partial charge in [-0.05, 0) is 82.6 Å². The predicted octanol–water partition coefficient (Wildman–Crippen LogP) is 3.94. The molecule has 2 fully saturated rings. The summed E-state index contributed by atoms with van der Waals surface area (Å²) in [7, 11) is -3.86. The van der Waals surface area contributed by atoms with E-state index in [1.165, 1.54) is 4.31 Å². The van der Waals surface area contributed by atoms with E-state index in [1.807, 2.05) is 0 Å². The second-order valence-corrected chi connectivity index (χ2v) is 16.2. The lowest BCUT2D eigenvalue weighted by molar-refractivity contribution is 0.0663. The largest absolute Gasteiger partial charge is 0.598 e. The minimum Gasteiger partial charge on any atom is -0.598 e. The number of fused-ring (bicyclic) bond motifs is 3. The van der Waals surface area contributed by atoms with E-state index in [2.05, 4.69) is 4.72 Å². The van der Waals surface area contributed by atoms with Gasteiger partial charge in [0.15, 0.2) is 11.6 Å². The van der Waals surface area contributed by atoms with Crippen molar-refractivity contribution in [2.75, 3.05) is 12.3 Å². The molecule has 3 aliphatic rings. The average Bonchev–Trinajstić information content (AvgIpc) is 3.34. The number of rotatable bonds is 9. The average molecular weight is 626 g/mol. The molecule has 0 unspecified atom stereocenters. The summed E-state index contributed by atoms with van der Waals surface area (Å²) >= 11 is -1.56. The Morgan fingerprint density at radius 2 is 1.52 bits per heavy atom. The Balaban J connectivity index is 1.31. The first-order chi connectivity index (χ1) is 19.7. The number of imide groups is 1. The van der Waals surface area contributed by atoms with Crippen molar-refractivity contribution in [3.63, 3.8) is 0 Å². The number of amides is 2. The number of carbonyl (C=O) groups is 2. The van der Waals surface area contributed by atoms with Crippen molar-refractivity contribution in [3.8, 4) is 0 Å². The van der Waals surface area contributed by atoms with Gasteiger partial charge in [-0.15, -0.1) is 4.72 Å². The first-order valence-electron chi connectivity index (χ1n) is 13.9. The van der Waals surface area contributed by atoms with E-state index in [4.69, 9.17) is 0 Å². The van der Waals surface area contributed by atoms with Crippen LogP contribution in [-0.2, 0) is 27.8 Å². The van der Waals surface area contributed by atoms with Crippen LogP contribution in [0.3, 0.4) is 0 Å². The summed E-state index contributed by atoms with van der Waals surface area (Å²) in [5.74, 6) is -5.04. The molecule has 8 nitrogen and oxygen atoms in total. The van der Waals surface area contributed by atoms with Gasteiger partial charge >= 0.3 is 0 Å². The van der Waals surface area contributed by atoms with E-state index in [0.29, 0.717) is 31.7 Å². The zero-order valence-corrected chi connectivity index (χ0v) is 25.2. The lowest BCUT2D eigenvalue weighted by Crippen LogP contribution is -2.54. The van der Waals surface area contributed by atoms with Gasteiger partial charge in [0.1, 0.15) is 10.6 Å². The number of benzene rings is 2. The summed E-state index contributed by atoms with van der Waals surface area (Å²) in [6.45, 7) is 5.06. The van der Waals surface area contributed by atoms with Gasteiger partial charge in [-0.1, -0.05) is 12.1 Å². The first kappa shape index (κ1) is 31.0. The summed E-state index contributed by atoms with van der Waals surface area (Å²) in [4.78, 5) is 26.4. The van der Waals surface area contributed by atoms with E-state index in [9.17, 15) is 35.7 Å². The molecule has 0 saturated carbocycles. The minimum absolute atomic E-state index is 0.0541. The molecule has 5 rings (SSSR count). The van der Waals surface area contributed by atoms with E-state index < -0.39 is 67.2 Å². The minimum atomic E-state index is -3.86. The zero-order chi connectivity index (χ0) is 30.6. The SMILES string of the molecule is CC(C)(C)[S@+]([O-])N[C@@H](Cc1cc(F)c(F)cc1F)[C@@H]1C[C@H]2CC[C@@H](C1)N2S(=O)(=O)CCN1C(=O)c2ccccc2C1=O. The molecule has 3 aliphatic heterocycles. The third kappa shape index (κ3) is 5.99. The molecule has 3 heterocycles. The predicted molar refractivity (Wildman–Crippen MR) is 152 cm³/mol. The number of hydrogen-bond donors (Lipinski definition) is 1. The molecule has 5 atom stereocenters. The number of halogens is 3. The third-order valence-corrected chi connectivity index (χ3v) is 12.0. The number of sulfonamides is 1. The van der Waals surface area contributed by atoms with Gasteiger partial charge in [-0.3, -0.25) is 14.5 Å². The summed E-state index contributed by atoms with van der Waals surface area (Å²) in [5.41, 5.74) is 0.453. The molecule has 0 radical (unpaired) electrons. The molecule has 0 spiro atoms. The Hall–Kier alpha value is -2.45. The second-order valence-electron chi connectivity index (χ2n) is 12.2. The van der Waals surface area contributed by atoms with Crippen LogP contribution < -0.4 is 4.72 Å². The topological polar surface area (TPSA) is 110 Å². The van der Waals surface area contributed by atoms with E-state index in [-0.39, 0.29) is 47.7 Å². The molecular weight excluding hydrogens is 591 g/mol. The van der Waals surface area contributed by atoms with Gasteiger partial charge in [0.2, 0.25) is 10.0 Å². The Bertz CT molecular complexity index is 1450. The second kappa shape index (κ2) is 11.6. The van der Waals surface area contributed by atoms with Crippen LogP contribution in [0.4, 0.5) is 13.2 Å². The Kier molecular flexibility index (Phi) is 8.53. The maximum Gasteiger partial charge on any atom is 0.261 e. The van der Waals surface area contributed by atoms with E-state index in [1.54, 1.807) is 45.0 Å². The van der Waals surface area contributed by atoms with Crippen LogP contribution in [0.5, 0.6) is 0 Å². The molecule has 2 aromatic rings. The maximum absolute atomic E-state index is 14.6. The third-order valence-electron chi connectivity index (χ3n) is 8.39. The summed E-state index contributed by atoms with van der Waals surface area (Å²) < 4.78 is 86.3. The number of nitrogens with zero attached hydrogens (tertiary/aromatic N) is 2. The number of piperidine rings is 1. The van der Waals surface area contributed by atoms with Gasteiger partial charge in [-0.2, -0.15) is 4.31 Å². The summed E-state index contributed by atoms with van der Waals surface area (Å²) in [6, 6.07) is 6.35. The van der Waals surface area contributed by atoms with Gasteiger partial charge < -0.3 is 4.55 Å². The quantitative estimate of drug-likeness (QED) is 0.257. The van der Waals surface area contributed by atoms with E-state index in [0.717, 1.165) is 11.0 Å².